The lowest BCUT2D eigenvalue weighted by molar-refractivity contribution is -0.120. The second-order valence-electron chi connectivity index (χ2n) is 6.53. The van der Waals surface area contributed by atoms with Crippen molar-refractivity contribution < 1.29 is 23.7 Å². The van der Waals surface area contributed by atoms with E-state index >= 15 is 0 Å². The molecule has 1 aliphatic heterocycles. The van der Waals surface area contributed by atoms with Crippen LogP contribution in [0.4, 0.5) is 0 Å². The molecule has 2 aromatic rings. The molecule has 0 aromatic heterocycles. The van der Waals surface area contributed by atoms with Crippen LogP contribution < -0.4 is 24.3 Å². The van der Waals surface area contributed by atoms with Gasteiger partial charge in [0.05, 0.1) is 38.9 Å². The van der Waals surface area contributed by atoms with Gasteiger partial charge in [-0.3, -0.25) is 4.79 Å². The first-order chi connectivity index (χ1) is 14.0. The predicted molar refractivity (Wildman–Crippen MR) is 115 cm³/mol. The topological polar surface area (TPSA) is 66.0 Å². The zero-order valence-electron chi connectivity index (χ0n) is 16.3. The number of methoxy groups -OCH3 is 2. The average Bonchev–Trinajstić information content (AvgIpc) is 2.94. The minimum Gasteiger partial charge on any atom is -0.493 e. The molecule has 1 aliphatic rings. The Morgan fingerprint density at radius 3 is 2.62 bits per heavy atom. The van der Waals surface area contributed by atoms with Crippen molar-refractivity contribution in [3.05, 3.63) is 44.9 Å². The van der Waals surface area contributed by atoms with Gasteiger partial charge >= 0.3 is 0 Å². The number of benzene rings is 2. The van der Waals surface area contributed by atoms with Gasteiger partial charge in [0.2, 0.25) is 5.91 Å². The highest BCUT2D eigenvalue weighted by atomic mass is 79.9. The van der Waals surface area contributed by atoms with E-state index in [4.69, 9.17) is 30.5 Å². The first-order valence-electron chi connectivity index (χ1n) is 9.27. The molecule has 0 aliphatic carbocycles. The Labute approximate surface area is 183 Å². The Morgan fingerprint density at radius 2 is 1.86 bits per heavy atom. The SMILES string of the molecule is COc1cc(Br)c(CCNC(=O)Cc2cc(Cl)c3c(c2)OCCCO3)cc1OC. The molecule has 0 saturated carbocycles. The first kappa shape index (κ1) is 21.6. The van der Waals surface area contributed by atoms with Gasteiger partial charge < -0.3 is 24.3 Å². The molecular weight excluding hydrogens is 462 g/mol. The van der Waals surface area contributed by atoms with E-state index in [9.17, 15) is 4.79 Å². The molecule has 3 rings (SSSR count). The molecule has 0 bridgehead atoms. The smallest absolute Gasteiger partial charge is 0.224 e. The summed E-state index contributed by atoms with van der Waals surface area (Å²) in [7, 11) is 3.19. The molecule has 1 amide bonds. The summed E-state index contributed by atoms with van der Waals surface area (Å²) in [4.78, 5) is 12.4. The van der Waals surface area contributed by atoms with E-state index in [1.54, 1.807) is 20.3 Å². The normalized spacial score (nSPS) is 12.8. The van der Waals surface area contributed by atoms with Crippen LogP contribution in [0.5, 0.6) is 23.0 Å². The summed E-state index contributed by atoms with van der Waals surface area (Å²) in [6.07, 6.45) is 1.66. The Balaban J connectivity index is 1.58. The lowest BCUT2D eigenvalue weighted by Gasteiger charge is -2.13. The molecule has 0 fully saturated rings. The molecule has 6 nitrogen and oxygen atoms in total. The fraction of sp³-hybridized carbons (Fsp3) is 0.381. The lowest BCUT2D eigenvalue weighted by Crippen LogP contribution is -2.27. The van der Waals surface area contributed by atoms with Crippen molar-refractivity contribution in [3.8, 4) is 23.0 Å². The Hall–Kier alpha value is -2.12. The maximum atomic E-state index is 12.4. The van der Waals surface area contributed by atoms with Crippen molar-refractivity contribution in [2.45, 2.75) is 19.3 Å². The Morgan fingerprint density at radius 1 is 1.14 bits per heavy atom. The van der Waals surface area contributed by atoms with E-state index in [1.807, 2.05) is 18.2 Å². The van der Waals surface area contributed by atoms with Gasteiger partial charge in [-0.1, -0.05) is 27.5 Å². The molecule has 0 radical (unpaired) electrons. The predicted octanol–water partition coefficient (Wildman–Crippen LogP) is 4.18. The van der Waals surface area contributed by atoms with Crippen LogP contribution in [0.2, 0.25) is 5.02 Å². The van der Waals surface area contributed by atoms with Crippen LogP contribution in [-0.4, -0.2) is 39.9 Å². The molecule has 29 heavy (non-hydrogen) atoms. The number of hydrogen-bond acceptors (Lipinski definition) is 5. The first-order valence-corrected chi connectivity index (χ1v) is 10.4. The monoisotopic (exact) mass is 483 g/mol. The molecule has 0 atom stereocenters. The zero-order valence-corrected chi connectivity index (χ0v) is 18.7. The van der Waals surface area contributed by atoms with Crippen LogP contribution in [-0.2, 0) is 17.6 Å². The summed E-state index contributed by atoms with van der Waals surface area (Å²) in [5, 5.41) is 3.40. The minimum absolute atomic E-state index is 0.0906. The molecule has 1 heterocycles. The highest BCUT2D eigenvalue weighted by molar-refractivity contribution is 9.10. The van der Waals surface area contributed by atoms with Crippen LogP contribution in [0.25, 0.3) is 0 Å². The van der Waals surface area contributed by atoms with Crippen molar-refractivity contribution >= 4 is 33.4 Å². The van der Waals surface area contributed by atoms with Crippen LogP contribution in [0.3, 0.4) is 0 Å². The molecule has 1 N–H and O–H groups in total. The number of fused-ring (bicyclic) bond motifs is 1. The van der Waals surface area contributed by atoms with Gasteiger partial charge in [0.25, 0.3) is 0 Å². The molecule has 156 valence electrons. The van der Waals surface area contributed by atoms with Crippen LogP contribution in [0.1, 0.15) is 17.5 Å². The number of nitrogens with one attached hydrogen (secondary N) is 1. The van der Waals surface area contributed by atoms with Gasteiger partial charge in [0.15, 0.2) is 23.0 Å². The maximum absolute atomic E-state index is 12.4. The molecule has 0 unspecified atom stereocenters. The number of ether oxygens (including phenoxy) is 4. The van der Waals surface area contributed by atoms with Gasteiger partial charge in [0, 0.05) is 17.4 Å². The molecule has 8 heteroatoms. The Kier molecular flexibility index (Phi) is 7.50. The summed E-state index contributed by atoms with van der Waals surface area (Å²) in [5.41, 5.74) is 1.80. The highest BCUT2D eigenvalue weighted by Gasteiger charge is 2.17. The quantitative estimate of drug-likeness (QED) is 0.639. The van der Waals surface area contributed by atoms with Gasteiger partial charge in [-0.25, -0.2) is 0 Å². The van der Waals surface area contributed by atoms with Crippen molar-refractivity contribution in [2.24, 2.45) is 0 Å². The maximum Gasteiger partial charge on any atom is 0.224 e. The largest absolute Gasteiger partial charge is 0.493 e. The number of halogens is 2. The van der Waals surface area contributed by atoms with Crippen molar-refractivity contribution in [3.63, 3.8) is 0 Å². The van der Waals surface area contributed by atoms with E-state index in [2.05, 4.69) is 21.2 Å². The van der Waals surface area contributed by atoms with Crippen molar-refractivity contribution in [1.82, 2.24) is 5.32 Å². The second kappa shape index (κ2) is 10.1. The van der Waals surface area contributed by atoms with E-state index in [1.165, 1.54) is 0 Å². The van der Waals surface area contributed by atoms with E-state index in [0.717, 1.165) is 22.0 Å². The number of carbonyl (C=O) groups is 1. The second-order valence-corrected chi connectivity index (χ2v) is 7.79. The van der Waals surface area contributed by atoms with Crippen LogP contribution in [0.15, 0.2) is 28.7 Å². The number of amides is 1. The number of rotatable bonds is 7. The van der Waals surface area contributed by atoms with E-state index < -0.39 is 0 Å². The van der Waals surface area contributed by atoms with Gasteiger partial charge in [-0.05, 0) is 41.8 Å². The third kappa shape index (κ3) is 5.48. The summed E-state index contributed by atoms with van der Waals surface area (Å²) in [6, 6.07) is 7.32. The standard InChI is InChI=1S/C21H23BrClNO5/c1-26-17-11-14(15(22)12-18(17)27-2)4-5-24-20(25)10-13-8-16(23)21-19(9-13)28-6-3-7-29-21/h8-9,11-12H,3-7,10H2,1-2H3,(H,24,25). The summed E-state index contributed by atoms with van der Waals surface area (Å²) < 4.78 is 22.8. The minimum atomic E-state index is -0.0906. The average molecular weight is 485 g/mol. The summed E-state index contributed by atoms with van der Waals surface area (Å²) in [5.74, 6) is 2.35. The third-order valence-electron chi connectivity index (χ3n) is 4.50. The fourth-order valence-corrected chi connectivity index (χ4v) is 3.87. The van der Waals surface area contributed by atoms with Crippen molar-refractivity contribution in [2.75, 3.05) is 34.0 Å². The van der Waals surface area contributed by atoms with Crippen LogP contribution in [0, 0.1) is 0 Å². The molecule has 2 aromatic carbocycles. The van der Waals surface area contributed by atoms with Crippen molar-refractivity contribution in [1.29, 1.82) is 0 Å². The van der Waals surface area contributed by atoms with E-state index in [0.29, 0.717) is 54.2 Å². The number of carbonyl (C=O) groups excluding carboxylic acids is 1. The summed E-state index contributed by atoms with van der Waals surface area (Å²) >= 11 is 9.83. The fourth-order valence-electron chi connectivity index (χ4n) is 3.06. The molecule has 0 spiro atoms. The van der Waals surface area contributed by atoms with Crippen LogP contribution >= 0.6 is 27.5 Å². The zero-order chi connectivity index (χ0) is 20.8. The Bertz CT molecular complexity index is 890. The van der Waals surface area contributed by atoms with Gasteiger partial charge in [-0.15, -0.1) is 0 Å². The third-order valence-corrected chi connectivity index (χ3v) is 5.51. The highest BCUT2D eigenvalue weighted by Crippen LogP contribution is 2.38. The molecular formula is C21H23BrClNO5. The molecule has 0 saturated heterocycles. The van der Waals surface area contributed by atoms with Gasteiger partial charge in [0.1, 0.15) is 0 Å². The summed E-state index contributed by atoms with van der Waals surface area (Å²) in [6.45, 7) is 1.63. The van der Waals surface area contributed by atoms with Gasteiger partial charge in [-0.2, -0.15) is 0 Å². The lowest BCUT2D eigenvalue weighted by atomic mass is 10.1. The number of hydrogen-bond donors (Lipinski definition) is 1. The van der Waals surface area contributed by atoms with E-state index in [-0.39, 0.29) is 12.3 Å².